The highest BCUT2D eigenvalue weighted by atomic mass is 19.1. The van der Waals surface area contributed by atoms with Gasteiger partial charge < -0.3 is 10.4 Å². The molecule has 1 fully saturated rings. The van der Waals surface area contributed by atoms with E-state index in [1.54, 1.807) is 28.9 Å². The van der Waals surface area contributed by atoms with Crippen molar-refractivity contribution in [3.63, 3.8) is 0 Å². The lowest BCUT2D eigenvalue weighted by atomic mass is 10.0. The van der Waals surface area contributed by atoms with E-state index in [1.807, 2.05) is 6.07 Å². The van der Waals surface area contributed by atoms with Crippen LogP contribution in [0.4, 0.5) is 14.6 Å². The van der Waals surface area contributed by atoms with E-state index in [9.17, 15) is 13.9 Å². The number of hydrogen-bond donors (Lipinski definition) is 2. The second-order valence-corrected chi connectivity index (χ2v) is 7.88. The van der Waals surface area contributed by atoms with Crippen molar-refractivity contribution in [2.75, 3.05) is 5.32 Å². The molecule has 1 aliphatic carbocycles. The predicted octanol–water partition coefficient (Wildman–Crippen LogP) is 5.27. The molecule has 0 amide bonds. The van der Waals surface area contributed by atoms with Crippen molar-refractivity contribution < 1.29 is 13.9 Å². The monoisotopic (exact) mass is 431 g/mol. The Kier molecular flexibility index (Phi) is 4.94. The Labute approximate surface area is 182 Å². The fraction of sp³-hybridized carbons (Fsp3) is 0.208. The number of imidazole rings is 1. The van der Waals surface area contributed by atoms with Gasteiger partial charge in [0.15, 0.2) is 23.0 Å². The van der Waals surface area contributed by atoms with Gasteiger partial charge in [0, 0.05) is 29.6 Å². The standard InChI is InChI=1S/C24H19F2N5O/c25-18-11-14(5-6-16(18)13-27)21-22(15-7-8-20(32)19(26)12-15)31-10-9-28-23(24(31)30-21)29-17-3-1-2-4-17/h5-12,17,32H,1-4H2,(H,28,29). The first-order valence-electron chi connectivity index (χ1n) is 10.4. The first-order chi connectivity index (χ1) is 15.5. The molecule has 0 spiro atoms. The number of hydrogen-bond acceptors (Lipinski definition) is 5. The van der Waals surface area contributed by atoms with Gasteiger partial charge in [-0.3, -0.25) is 4.40 Å². The number of rotatable bonds is 4. The molecule has 4 aromatic rings. The van der Waals surface area contributed by atoms with Gasteiger partial charge in [0.2, 0.25) is 0 Å². The summed E-state index contributed by atoms with van der Waals surface area (Å²) in [7, 11) is 0. The number of aromatic nitrogens is 3. The molecule has 1 saturated carbocycles. The largest absolute Gasteiger partial charge is 0.505 e. The maximum Gasteiger partial charge on any atom is 0.181 e. The third kappa shape index (κ3) is 3.42. The summed E-state index contributed by atoms with van der Waals surface area (Å²) in [4.78, 5) is 9.22. The van der Waals surface area contributed by atoms with Crippen molar-refractivity contribution in [1.82, 2.24) is 14.4 Å². The van der Waals surface area contributed by atoms with E-state index in [4.69, 9.17) is 10.2 Å². The summed E-state index contributed by atoms with van der Waals surface area (Å²) in [6, 6.07) is 10.4. The minimum atomic E-state index is -0.771. The van der Waals surface area contributed by atoms with Gasteiger partial charge >= 0.3 is 0 Å². The molecule has 160 valence electrons. The molecule has 0 bridgehead atoms. The van der Waals surface area contributed by atoms with Crippen molar-refractivity contribution in [2.45, 2.75) is 31.7 Å². The average molecular weight is 431 g/mol. The van der Waals surface area contributed by atoms with E-state index >= 15 is 0 Å². The Hall–Kier alpha value is -3.99. The van der Waals surface area contributed by atoms with E-state index in [2.05, 4.69) is 10.3 Å². The summed E-state index contributed by atoms with van der Waals surface area (Å²) in [5.41, 5.74) is 2.31. The highest BCUT2D eigenvalue weighted by Gasteiger charge is 2.22. The number of nitriles is 1. The topological polar surface area (TPSA) is 86.2 Å². The maximum atomic E-state index is 14.4. The summed E-state index contributed by atoms with van der Waals surface area (Å²) in [6.45, 7) is 0. The van der Waals surface area contributed by atoms with Gasteiger partial charge in [-0.15, -0.1) is 0 Å². The fourth-order valence-corrected chi connectivity index (χ4v) is 4.23. The van der Waals surface area contributed by atoms with Crippen LogP contribution in [0, 0.1) is 23.0 Å². The zero-order valence-corrected chi connectivity index (χ0v) is 17.0. The van der Waals surface area contributed by atoms with Crippen LogP contribution in [0.1, 0.15) is 31.2 Å². The zero-order valence-electron chi connectivity index (χ0n) is 17.0. The average Bonchev–Trinajstić information content (AvgIpc) is 3.44. The van der Waals surface area contributed by atoms with E-state index in [0.717, 1.165) is 25.7 Å². The molecule has 8 heteroatoms. The van der Waals surface area contributed by atoms with Gasteiger partial charge in [0.1, 0.15) is 11.9 Å². The van der Waals surface area contributed by atoms with Crippen LogP contribution in [-0.2, 0) is 0 Å². The molecule has 6 nitrogen and oxygen atoms in total. The second-order valence-electron chi connectivity index (χ2n) is 7.88. The quantitative estimate of drug-likeness (QED) is 0.460. The van der Waals surface area contributed by atoms with Gasteiger partial charge in [0.25, 0.3) is 0 Å². The molecule has 0 saturated heterocycles. The predicted molar refractivity (Wildman–Crippen MR) is 116 cm³/mol. The van der Waals surface area contributed by atoms with E-state index < -0.39 is 17.4 Å². The molecule has 32 heavy (non-hydrogen) atoms. The van der Waals surface area contributed by atoms with Gasteiger partial charge in [-0.2, -0.15) is 5.26 Å². The van der Waals surface area contributed by atoms with Crippen LogP contribution < -0.4 is 5.32 Å². The Morgan fingerprint density at radius 2 is 1.81 bits per heavy atom. The first-order valence-corrected chi connectivity index (χ1v) is 10.4. The van der Waals surface area contributed by atoms with E-state index in [1.165, 1.54) is 24.3 Å². The number of halogens is 2. The highest BCUT2D eigenvalue weighted by molar-refractivity contribution is 5.85. The third-order valence-electron chi connectivity index (χ3n) is 5.82. The van der Waals surface area contributed by atoms with E-state index in [0.29, 0.717) is 40.0 Å². The van der Waals surface area contributed by atoms with Gasteiger partial charge in [-0.25, -0.2) is 18.7 Å². The van der Waals surface area contributed by atoms with Crippen LogP contribution in [0.5, 0.6) is 5.75 Å². The van der Waals surface area contributed by atoms with Gasteiger partial charge in [-0.1, -0.05) is 18.9 Å². The van der Waals surface area contributed by atoms with Crippen LogP contribution in [0.15, 0.2) is 48.8 Å². The number of aromatic hydroxyl groups is 1. The fourth-order valence-electron chi connectivity index (χ4n) is 4.23. The molecular formula is C24H19F2N5O. The molecule has 0 radical (unpaired) electrons. The van der Waals surface area contributed by atoms with Crippen molar-refractivity contribution in [2.24, 2.45) is 0 Å². The number of phenolic OH excluding ortho intramolecular Hbond substituents is 1. The lowest BCUT2D eigenvalue weighted by molar-refractivity contribution is 0.432. The highest BCUT2D eigenvalue weighted by Crippen LogP contribution is 2.36. The molecule has 2 N–H and O–H groups in total. The number of nitrogens with zero attached hydrogens (tertiary/aromatic N) is 4. The Balaban J connectivity index is 1.74. The second kappa shape index (κ2) is 7.93. The number of anilines is 1. The SMILES string of the molecule is N#Cc1ccc(-c2nc3c(NC4CCCC4)nccn3c2-c2ccc(O)c(F)c2)cc1F. The van der Waals surface area contributed by atoms with Crippen LogP contribution in [0.25, 0.3) is 28.2 Å². The van der Waals surface area contributed by atoms with Crippen LogP contribution in [0.2, 0.25) is 0 Å². The molecule has 0 unspecified atom stereocenters. The molecule has 2 aromatic carbocycles. The summed E-state index contributed by atoms with van der Waals surface area (Å²) in [6.07, 6.45) is 7.76. The summed E-state index contributed by atoms with van der Waals surface area (Å²) in [5, 5.41) is 22.2. The van der Waals surface area contributed by atoms with Crippen molar-refractivity contribution in [3.8, 4) is 34.3 Å². The Morgan fingerprint density at radius 3 is 2.53 bits per heavy atom. The lowest BCUT2D eigenvalue weighted by Gasteiger charge is -2.13. The molecule has 5 rings (SSSR count). The van der Waals surface area contributed by atoms with Crippen molar-refractivity contribution in [1.29, 1.82) is 5.26 Å². The lowest BCUT2D eigenvalue weighted by Crippen LogP contribution is -2.16. The van der Waals surface area contributed by atoms with Crippen LogP contribution in [-0.4, -0.2) is 25.5 Å². The molecular weight excluding hydrogens is 412 g/mol. The van der Waals surface area contributed by atoms with Crippen LogP contribution in [0.3, 0.4) is 0 Å². The minimum Gasteiger partial charge on any atom is -0.505 e. The molecule has 2 heterocycles. The maximum absolute atomic E-state index is 14.4. The minimum absolute atomic E-state index is 0.0694. The summed E-state index contributed by atoms with van der Waals surface area (Å²) < 4.78 is 30.4. The van der Waals surface area contributed by atoms with Crippen molar-refractivity contribution in [3.05, 3.63) is 66.0 Å². The number of benzene rings is 2. The number of fused-ring (bicyclic) bond motifs is 1. The Bertz CT molecular complexity index is 1370. The van der Waals surface area contributed by atoms with Crippen LogP contribution >= 0.6 is 0 Å². The molecule has 2 aromatic heterocycles. The third-order valence-corrected chi connectivity index (χ3v) is 5.82. The van der Waals surface area contributed by atoms with Gasteiger partial charge in [0.05, 0.1) is 17.0 Å². The normalized spacial score (nSPS) is 14.0. The number of nitrogens with one attached hydrogen (secondary N) is 1. The number of phenols is 1. The smallest absolute Gasteiger partial charge is 0.181 e. The summed E-state index contributed by atoms with van der Waals surface area (Å²) >= 11 is 0. The Morgan fingerprint density at radius 1 is 1.06 bits per heavy atom. The van der Waals surface area contributed by atoms with Crippen molar-refractivity contribution >= 4 is 11.5 Å². The molecule has 0 aliphatic heterocycles. The molecule has 1 aliphatic rings. The summed E-state index contributed by atoms with van der Waals surface area (Å²) in [5.74, 6) is -1.29. The zero-order chi connectivity index (χ0) is 22.2. The van der Waals surface area contributed by atoms with Gasteiger partial charge in [-0.05, 0) is 43.2 Å². The first kappa shape index (κ1) is 19.9. The molecule has 0 atom stereocenters. The van der Waals surface area contributed by atoms with E-state index in [-0.39, 0.29) is 5.56 Å².